The standard InChI is InChI=1S/C14H25N.C6H12.C2H2/c1-4-5-6-9-12-15(3)13(2)14-10-7-8-11-14;1-4-5-6(2)3;1-2/h4,14H,1-2,5-12H2,3H3;2,4-5H2,1,3H3;1-2H. The van der Waals surface area contributed by atoms with Crippen LogP contribution in [0.2, 0.25) is 0 Å². The molecular weight excluding hydrogens is 278 g/mol. The summed E-state index contributed by atoms with van der Waals surface area (Å²) in [4.78, 5) is 2.36. The molecule has 0 spiro atoms. The molecule has 1 saturated carbocycles. The minimum Gasteiger partial charge on any atom is -0.378 e. The van der Waals surface area contributed by atoms with Crippen molar-refractivity contribution < 1.29 is 0 Å². The van der Waals surface area contributed by atoms with Gasteiger partial charge in [0, 0.05) is 19.3 Å². The zero-order chi connectivity index (χ0) is 18.1. The van der Waals surface area contributed by atoms with E-state index in [4.69, 9.17) is 0 Å². The van der Waals surface area contributed by atoms with Crippen LogP contribution >= 0.6 is 0 Å². The lowest BCUT2D eigenvalue weighted by molar-refractivity contribution is 0.351. The first-order chi connectivity index (χ1) is 11.0. The SMILES string of the molecule is C#C.C=C(C)CCC.C=CCCCCN(C)C(=C)C1CCCC1. The molecule has 1 rings (SSSR count). The highest BCUT2D eigenvalue weighted by Gasteiger charge is 2.19. The minimum absolute atomic E-state index is 0.773. The number of hydrogen-bond donors (Lipinski definition) is 0. The first kappa shape index (κ1) is 23.8. The van der Waals surface area contributed by atoms with Crippen LogP contribution in [-0.4, -0.2) is 18.5 Å². The maximum atomic E-state index is 4.24. The Kier molecular flexibility index (Phi) is 17.6. The second-order valence-electron chi connectivity index (χ2n) is 6.39. The second kappa shape index (κ2) is 16.9. The van der Waals surface area contributed by atoms with Crippen molar-refractivity contribution in [2.75, 3.05) is 13.6 Å². The van der Waals surface area contributed by atoms with Crippen LogP contribution in [0.3, 0.4) is 0 Å². The lowest BCUT2D eigenvalue weighted by Crippen LogP contribution is -2.22. The molecule has 0 unspecified atom stereocenters. The molecule has 0 aromatic carbocycles. The maximum Gasteiger partial charge on any atom is 0.0171 e. The Hall–Kier alpha value is -1.42. The van der Waals surface area contributed by atoms with Gasteiger partial charge in [0.05, 0.1) is 0 Å². The summed E-state index contributed by atoms with van der Waals surface area (Å²) in [7, 11) is 2.19. The Morgan fingerprint density at radius 3 is 2.13 bits per heavy atom. The van der Waals surface area contributed by atoms with E-state index in [1.807, 2.05) is 6.08 Å². The summed E-state index contributed by atoms with van der Waals surface area (Å²) in [6.45, 7) is 17.1. The molecule has 1 aliphatic carbocycles. The fourth-order valence-corrected chi connectivity index (χ4v) is 2.78. The largest absolute Gasteiger partial charge is 0.378 e. The predicted molar refractivity (Wildman–Crippen MR) is 107 cm³/mol. The van der Waals surface area contributed by atoms with Gasteiger partial charge in [0.25, 0.3) is 0 Å². The molecule has 1 nitrogen and oxygen atoms in total. The van der Waals surface area contributed by atoms with Crippen LogP contribution in [0.4, 0.5) is 0 Å². The van der Waals surface area contributed by atoms with E-state index in [9.17, 15) is 0 Å². The van der Waals surface area contributed by atoms with Gasteiger partial charge in [-0.1, -0.05) is 44.4 Å². The molecule has 0 amide bonds. The molecule has 1 heteroatoms. The van der Waals surface area contributed by atoms with E-state index in [2.05, 4.69) is 58.4 Å². The zero-order valence-corrected chi connectivity index (χ0v) is 15.9. The third-order valence-corrected chi connectivity index (χ3v) is 4.15. The van der Waals surface area contributed by atoms with Crippen molar-refractivity contribution >= 4 is 0 Å². The van der Waals surface area contributed by atoms with Crippen molar-refractivity contribution in [1.82, 2.24) is 4.90 Å². The number of allylic oxidation sites excluding steroid dienone is 3. The lowest BCUT2D eigenvalue weighted by Gasteiger charge is -2.26. The highest BCUT2D eigenvalue weighted by Crippen LogP contribution is 2.31. The van der Waals surface area contributed by atoms with E-state index in [0.29, 0.717) is 0 Å². The summed E-state index contributed by atoms with van der Waals surface area (Å²) in [5.41, 5.74) is 2.66. The van der Waals surface area contributed by atoms with E-state index < -0.39 is 0 Å². The third-order valence-electron chi connectivity index (χ3n) is 4.15. The normalized spacial score (nSPS) is 13.1. The summed E-state index contributed by atoms with van der Waals surface area (Å²) in [5, 5.41) is 0. The first-order valence-corrected chi connectivity index (χ1v) is 9.01. The fraction of sp³-hybridized carbons (Fsp3) is 0.636. The van der Waals surface area contributed by atoms with Gasteiger partial charge in [0.1, 0.15) is 0 Å². The molecular formula is C22H39N. The van der Waals surface area contributed by atoms with E-state index in [0.717, 1.165) is 18.9 Å². The Morgan fingerprint density at radius 1 is 1.17 bits per heavy atom. The van der Waals surface area contributed by atoms with Gasteiger partial charge in [-0.25, -0.2) is 0 Å². The molecule has 0 heterocycles. The molecule has 23 heavy (non-hydrogen) atoms. The van der Waals surface area contributed by atoms with Crippen molar-refractivity contribution in [3.8, 4) is 12.8 Å². The second-order valence-corrected chi connectivity index (χ2v) is 6.39. The summed E-state index contributed by atoms with van der Waals surface area (Å²) in [5.74, 6) is 0.773. The van der Waals surface area contributed by atoms with Crippen LogP contribution in [-0.2, 0) is 0 Å². The van der Waals surface area contributed by atoms with Crippen LogP contribution in [0.25, 0.3) is 0 Å². The topological polar surface area (TPSA) is 3.24 Å². The fourth-order valence-electron chi connectivity index (χ4n) is 2.78. The van der Waals surface area contributed by atoms with Crippen molar-refractivity contribution in [2.24, 2.45) is 5.92 Å². The Labute approximate surface area is 146 Å². The highest BCUT2D eigenvalue weighted by molar-refractivity contribution is 5.00. The van der Waals surface area contributed by atoms with Crippen LogP contribution in [0.15, 0.2) is 37.1 Å². The van der Waals surface area contributed by atoms with Gasteiger partial charge >= 0.3 is 0 Å². The van der Waals surface area contributed by atoms with Crippen LogP contribution in [0, 0.1) is 18.8 Å². The molecule has 0 radical (unpaired) electrons. The van der Waals surface area contributed by atoms with Gasteiger partial charge < -0.3 is 4.90 Å². The Bertz CT molecular complexity index is 331. The Morgan fingerprint density at radius 2 is 1.74 bits per heavy atom. The summed E-state index contributed by atoms with van der Waals surface area (Å²) in [6.07, 6.45) is 21.6. The van der Waals surface area contributed by atoms with Gasteiger partial charge in [-0.2, -0.15) is 0 Å². The van der Waals surface area contributed by atoms with Crippen molar-refractivity contribution in [3.63, 3.8) is 0 Å². The smallest absolute Gasteiger partial charge is 0.0171 e. The van der Waals surface area contributed by atoms with Crippen molar-refractivity contribution in [3.05, 3.63) is 37.1 Å². The number of nitrogens with zero attached hydrogens (tertiary/aromatic N) is 1. The quantitative estimate of drug-likeness (QED) is 0.263. The van der Waals surface area contributed by atoms with E-state index in [1.165, 1.54) is 62.6 Å². The summed E-state index contributed by atoms with van der Waals surface area (Å²) in [6, 6.07) is 0. The molecule has 1 aliphatic rings. The van der Waals surface area contributed by atoms with Gasteiger partial charge in [0.2, 0.25) is 0 Å². The average molecular weight is 318 g/mol. The van der Waals surface area contributed by atoms with Gasteiger partial charge in [0.15, 0.2) is 0 Å². The van der Waals surface area contributed by atoms with E-state index in [-0.39, 0.29) is 0 Å². The van der Waals surface area contributed by atoms with Crippen molar-refractivity contribution in [2.45, 2.75) is 71.6 Å². The summed E-state index contributed by atoms with van der Waals surface area (Å²) < 4.78 is 0. The molecule has 0 saturated heterocycles. The monoisotopic (exact) mass is 317 g/mol. The van der Waals surface area contributed by atoms with Gasteiger partial charge in [-0.3, -0.25) is 0 Å². The van der Waals surface area contributed by atoms with Gasteiger partial charge in [-0.15, -0.1) is 26.0 Å². The molecule has 132 valence electrons. The zero-order valence-electron chi connectivity index (χ0n) is 15.9. The average Bonchev–Trinajstić information content (AvgIpc) is 3.07. The van der Waals surface area contributed by atoms with Crippen LogP contribution in [0.1, 0.15) is 71.6 Å². The molecule has 0 aromatic rings. The summed E-state index contributed by atoms with van der Waals surface area (Å²) >= 11 is 0. The van der Waals surface area contributed by atoms with Crippen molar-refractivity contribution in [1.29, 1.82) is 0 Å². The lowest BCUT2D eigenvalue weighted by atomic mass is 10.0. The molecule has 0 aromatic heterocycles. The number of unbranched alkanes of at least 4 members (excludes halogenated alkanes) is 2. The maximum absolute atomic E-state index is 4.24. The van der Waals surface area contributed by atoms with E-state index in [1.54, 1.807) is 0 Å². The molecule has 0 atom stereocenters. The number of hydrogen-bond acceptors (Lipinski definition) is 1. The molecule has 0 bridgehead atoms. The van der Waals surface area contributed by atoms with Gasteiger partial charge in [-0.05, 0) is 51.4 Å². The van der Waals surface area contributed by atoms with Crippen LogP contribution < -0.4 is 0 Å². The molecule has 1 fully saturated rings. The molecule has 0 aliphatic heterocycles. The predicted octanol–water partition coefficient (Wildman–Crippen LogP) is 6.59. The number of terminal acetylenes is 1. The third kappa shape index (κ3) is 13.9. The Balaban J connectivity index is 0. The molecule has 0 N–H and O–H groups in total. The van der Waals surface area contributed by atoms with E-state index >= 15 is 0 Å². The number of rotatable bonds is 9. The van der Waals surface area contributed by atoms with Crippen LogP contribution in [0.5, 0.6) is 0 Å². The first-order valence-electron chi connectivity index (χ1n) is 9.01. The highest BCUT2D eigenvalue weighted by atomic mass is 15.1. The minimum atomic E-state index is 0.773.